The fourth-order valence-corrected chi connectivity index (χ4v) is 2.08. The molecule has 22 heavy (non-hydrogen) atoms. The van der Waals surface area contributed by atoms with E-state index in [0.717, 1.165) is 0 Å². The summed E-state index contributed by atoms with van der Waals surface area (Å²) >= 11 is 0. The molecule has 7 heteroatoms. The van der Waals surface area contributed by atoms with E-state index < -0.39 is 0 Å². The van der Waals surface area contributed by atoms with Crippen molar-refractivity contribution in [2.45, 2.75) is 0 Å². The zero-order valence-electron chi connectivity index (χ0n) is 12.1. The number of fused-ring (bicyclic) bond motifs is 1. The van der Waals surface area contributed by atoms with E-state index in [9.17, 15) is 4.79 Å². The zero-order chi connectivity index (χ0) is 15.5. The highest BCUT2D eigenvalue weighted by Crippen LogP contribution is 2.29. The van der Waals surface area contributed by atoms with E-state index in [4.69, 9.17) is 9.47 Å². The van der Waals surface area contributed by atoms with Crippen LogP contribution in [0.2, 0.25) is 0 Å². The van der Waals surface area contributed by atoms with Crippen molar-refractivity contribution < 1.29 is 14.3 Å². The average Bonchev–Trinajstić information content (AvgIpc) is 2.99. The smallest absolute Gasteiger partial charge is 0.261 e. The molecule has 1 amide bonds. The number of amides is 1. The summed E-state index contributed by atoms with van der Waals surface area (Å²) in [5, 5.41) is 6.89. The summed E-state index contributed by atoms with van der Waals surface area (Å²) in [6.45, 7) is 0. The summed E-state index contributed by atoms with van der Waals surface area (Å²) in [5.41, 5.74) is 1.43. The molecule has 2 heterocycles. The van der Waals surface area contributed by atoms with E-state index in [0.29, 0.717) is 28.4 Å². The maximum atomic E-state index is 12.4. The molecule has 1 aromatic carbocycles. The van der Waals surface area contributed by atoms with Gasteiger partial charge in [-0.2, -0.15) is 5.10 Å². The lowest BCUT2D eigenvalue weighted by atomic mass is 10.2. The number of nitrogens with one attached hydrogen (secondary N) is 1. The summed E-state index contributed by atoms with van der Waals surface area (Å²) in [6.07, 6.45) is 4.82. The number of hydrogen-bond acceptors (Lipinski definition) is 5. The minimum absolute atomic E-state index is 0.308. The molecule has 0 saturated heterocycles. The molecule has 0 aliphatic heterocycles. The Balaban J connectivity index is 1.91. The van der Waals surface area contributed by atoms with Crippen molar-refractivity contribution in [1.29, 1.82) is 0 Å². The van der Waals surface area contributed by atoms with E-state index in [-0.39, 0.29) is 5.91 Å². The maximum absolute atomic E-state index is 12.4. The summed E-state index contributed by atoms with van der Waals surface area (Å²) in [7, 11) is 3.10. The molecule has 0 radical (unpaired) electrons. The maximum Gasteiger partial charge on any atom is 0.261 e. The monoisotopic (exact) mass is 298 g/mol. The molecule has 0 saturated carbocycles. The molecule has 0 unspecified atom stereocenters. The molecule has 0 atom stereocenters. The van der Waals surface area contributed by atoms with Gasteiger partial charge in [0.15, 0.2) is 5.65 Å². The topological polar surface area (TPSA) is 77.8 Å². The third-order valence-corrected chi connectivity index (χ3v) is 3.18. The number of anilines is 1. The fourth-order valence-electron chi connectivity index (χ4n) is 2.08. The number of carbonyl (C=O) groups is 1. The van der Waals surface area contributed by atoms with E-state index in [2.05, 4.69) is 15.4 Å². The quantitative estimate of drug-likeness (QED) is 0.797. The van der Waals surface area contributed by atoms with Gasteiger partial charge in [0.2, 0.25) is 0 Å². The zero-order valence-corrected chi connectivity index (χ0v) is 12.1. The van der Waals surface area contributed by atoms with Crippen LogP contribution in [0.25, 0.3) is 5.65 Å². The van der Waals surface area contributed by atoms with E-state index in [1.54, 1.807) is 48.3 Å². The third-order valence-electron chi connectivity index (χ3n) is 3.18. The van der Waals surface area contributed by atoms with Crippen molar-refractivity contribution in [2.24, 2.45) is 0 Å². The molecule has 1 N–H and O–H groups in total. The Bertz CT molecular complexity index is 829. The largest absolute Gasteiger partial charge is 0.497 e. The summed E-state index contributed by atoms with van der Waals surface area (Å²) in [4.78, 5) is 16.6. The Labute approximate surface area is 126 Å². The van der Waals surface area contributed by atoms with Crippen LogP contribution in [-0.2, 0) is 0 Å². The van der Waals surface area contributed by atoms with Gasteiger partial charge in [0, 0.05) is 18.5 Å². The van der Waals surface area contributed by atoms with Crippen LogP contribution in [0.15, 0.2) is 42.9 Å². The number of methoxy groups -OCH3 is 2. The average molecular weight is 298 g/mol. The summed E-state index contributed by atoms with van der Waals surface area (Å²) in [5.74, 6) is 0.849. The predicted octanol–water partition coefficient (Wildman–Crippen LogP) is 2.00. The minimum atomic E-state index is -0.308. The number of carbonyl (C=O) groups excluding carboxylic acids is 1. The molecule has 0 spiro atoms. The lowest BCUT2D eigenvalue weighted by Gasteiger charge is -2.11. The fraction of sp³-hybridized carbons (Fsp3) is 0.133. The van der Waals surface area contributed by atoms with Crippen LogP contribution >= 0.6 is 0 Å². The van der Waals surface area contributed by atoms with Gasteiger partial charge in [-0.25, -0.2) is 9.50 Å². The van der Waals surface area contributed by atoms with Crippen LogP contribution in [0.3, 0.4) is 0 Å². The van der Waals surface area contributed by atoms with Gasteiger partial charge < -0.3 is 14.8 Å². The van der Waals surface area contributed by atoms with Crippen LogP contribution in [-0.4, -0.2) is 34.7 Å². The molecular weight excluding hydrogens is 284 g/mol. The van der Waals surface area contributed by atoms with E-state index in [1.165, 1.54) is 13.3 Å². The first-order valence-corrected chi connectivity index (χ1v) is 6.54. The van der Waals surface area contributed by atoms with Crippen molar-refractivity contribution in [3.05, 3.63) is 48.4 Å². The van der Waals surface area contributed by atoms with Crippen LogP contribution in [0.5, 0.6) is 11.5 Å². The van der Waals surface area contributed by atoms with Crippen molar-refractivity contribution in [3.63, 3.8) is 0 Å². The van der Waals surface area contributed by atoms with E-state index >= 15 is 0 Å². The number of benzene rings is 1. The highest BCUT2D eigenvalue weighted by molar-refractivity contribution is 6.08. The van der Waals surface area contributed by atoms with Gasteiger partial charge in [-0.3, -0.25) is 4.79 Å². The summed E-state index contributed by atoms with van der Waals surface area (Å²) in [6, 6.07) is 6.90. The second-order valence-corrected chi connectivity index (χ2v) is 4.47. The number of ether oxygens (including phenoxy) is 2. The highest BCUT2D eigenvalue weighted by Gasteiger charge is 2.15. The molecule has 0 aliphatic rings. The normalized spacial score (nSPS) is 10.5. The van der Waals surface area contributed by atoms with Crippen LogP contribution in [0.4, 0.5) is 5.69 Å². The Hall–Kier alpha value is -3.09. The molecule has 0 fully saturated rings. The minimum Gasteiger partial charge on any atom is -0.497 e. The molecule has 3 aromatic rings. The molecule has 3 rings (SSSR count). The van der Waals surface area contributed by atoms with Crippen LogP contribution in [0.1, 0.15) is 10.4 Å². The Morgan fingerprint density at radius 1 is 1.27 bits per heavy atom. The van der Waals surface area contributed by atoms with Gasteiger partial charge in [-0.1, -0.05) is 0 Å². The van der Waals surface area contributed by atoms with Gasteiger partial charge in [0.05, 0.1) is 26.1 Å². The third kappa shape index (κ3) is 2.44. The number of aromatic nitrogens is 3. The van der Waals surface area contributed by atoms with E-state index in [1.807, 2.05) is 0 Å². The molecule has 0 aliphatic carbocycles. The molecule has 112 valence electrons. The number of hydrogen-bond donors (Lipinski definition) is 1. The van der Waals surface area contributed by atoms with Gasteiger partial charge in [-0.05, 0) is 18.2 Å². The summed E-state index contributed by atoms with van der Waals surface area (Å²) < 4.78 is 11.9. The van der Waals surface area contributed by atoms with Crippen molar-refractivity contribution in [1.82, 2.24) is 14.6 Å². The predicted molar refractivity (Wildman–Crippen MR) is 80.5 cm³/mol. The second kappa shape index (κ2) is 5.72. The lowest BCUT2D eigenvalue weighted by Crippen LogP contribution is -2.12. The second-order valence-electron chi connectivity index (χ2n) is 4.47. The SMILES string of the molecule is COc1ccc(NC(=O)c2cnn3cccnc23)c(OC)c1. The Morgan fingerprint density at radius 2 is 2.14 bits per heavy atom. The molecule has 0 bridgehead atoms. The van der Waals surface area contributed by atoms with Gasteiger partial charge in [-0.15, -0.1) is 0 Å². The van der Waals surface area contributed by atoms with Gasteiger partial charge in [0.1, 0.15) is 17.1 Å². The molecular formula is C15H14N4O3. The lowest BCUT2D eigenvalue weighted by molar-refractivity contribution is 0.102. The van der Waals surface area contributed by atoms with Crippen LogP contribution in [0, 0.1) is 0 Å². The van der Waals surface area contributed by atoms with Crippen molar-refractivity contribution in [2.75, 3.05) is 19.5 Å². The highest BCUT2D eigenvalue weighted by atomic mass is 16.5. The first kappa shape index (κ1) is 13.9. The number of nitrogens with zero attached hydrogens (tertiary/aromatic N) is 3. The van der Waals surface area contributed by atoms with Gasteiger partial charge in [0.25, 0.3) is 5.91 Å². The van der Waals surface area contributed by atoms with Crippen LogP contribution < -0.4 is 14.8 Å². The van der Waals surface area contributed by atoms with Crippen molar-refractivity contribution >= 4 is 17.2 Å². The Kier molecular flexibility index (Phi) is 3.61. The first-order valence-electron chi connectivity index (χ1n) is 6.54. The Morgan fingerprint density at radius 3 is 2.91 bits per heavy atom. The first-order chi connectivity index (χ1) is 10.7. The van der Waals surface area contributed by atoms with Crippen molar-refractivity contribution in [3.8, 4) is 11.5 Å². The number of rotatable bonds is 4. The molecule has 7 nitrogen and oxygen atoms in total. The van der Waals surface area contributed by atoms with Gasteiger partial charge >= 0.3 is 0 Å². The standard InChI is InChI=1S/C15H14N4O3/c1-21-10-4-5-12(13(8-10)22-2)18-15(20)11-9-17-19-7-3-6-16-14(11)19/h3-9H,1-2H3,(H,18,20). The molecule has 2 aromatic heterocycles.